The molecule has 5 nitrogen and oxygen atoms in total. The van der Waals surface area contributed by atoms with Gasteiger partial charge >= 0.3 is 0 Å². The summed E-state index contributed by atoms with van der Waals surface area (Å²) in [5.74, 6) is -0.235. The summed E-state index contributed by atoms with van der Waals surface area (Å²) in [7, 11) is -3.75. The standard InChI is InChI=1S/C21H23ClN2O3S/c1-15-7-10-18(11-8-15)28(26,27)24-20-12-9-17(13-19(20)22)21(25)23-14-16-5-3-2-4-6-16/h5,7-13,24H,2-4,6,14H2,1H3,(H,23,25). The lowest BCUT2D eigenvalue weighted by Gasteiger charge is -2.14. The highest BCUT2D eigenvalue weighted by Crippen LogP contribution is 2.26. The maximum absolute atomic E-state index is 12.5. The lowest BCUT2D eigenvalue weighted by molar-refractivity contribution is 0.0956. The zero-order valence-corrected chi connectivity index (χ0v) is 17.2. The van der Waals surface area contributed by atoms with Gasteiger partial charge < -0.3 is 5.32 Å². The molecule has 2 aromatic carbocycles. The van der Waals surface area contributed by atoms with E-state index in [1.165, 1.54) is 36.3 Å². The number of carbonyl (C=O) groups is 1. The van der Waals surface area contributed by atoms with Gasteiger partial charge in [-0.2, -0.15) is 0 Å². The van der Waals surface area contributed by atoms with Crippen molar-refractivity contribution in [3.8, 4) is 0 Å². The number of sulfonamides is 1. The van der Waals surface area contributed by atoms with Crippen molar-refractivity contribution in [1.29, 1.82) is 0 Å². The second kappa shape index (κ2) is 8.80. The molecule has 7 heteroatoms. The number of benzene rings is 2. The molecule has 0 bridgehead atoms. The van der Waals surface area contributed by atoms with Crippen molar-refractivity contribution in [1.82, 2.24) is 5.32 Å². The number of allylic oxidation sites excluding steroid dienone is 1. The van der Waals surface area contributed by atoms with Crippen LogP contribution < -0.4 is 10.0 Å². The van der Waals surface area contributed by atoms with E-state index in [9.17, 15) is 13.2 Å². The average Bonchev–Trinajstić information content (AvgIpc) is 2.68. The number of nitrogens with one attached hydrogen (secondary N) is 2. The Kier molecular flexibility index (Phi) is 6.42. The molecule has 3 rings (SSSR count). The Balaban J connectivity index is 1.68. The van der Waals surface area contributed by atoms with E-state index in [0.29, 0.717) is 12.1 Å². The molecule has 2 N–H and O–H groups in total. The van der Waals surface area contributed by atoms with E-state index in [4.69, 9.17) is 11.6 Å². The van der Waals surface area contributed by atoms with E-state index in [-0.39, 0.29) is 21.5 Å². The predicted molar refractivity (Wildman–Crippen MR) is 112 cm³/mol. The van der Waals surface area contributed by atoms with Crippen LogP contribution in [0.25, 0.3) is 0 Å². The fourth-order valence-electron chi connectivity index (χ4n) is 3.02. The molecular formula is C21H23ClN2O3S. The summed E-state index contributed by atoms with van der Waals surface area (Å²) in [5, 5.41) is 3.06. The van der Waals surface area contributed by atoms with Crippen LogP contribution in [0, 0.1) is 6.92 Å². The SMILES string of the molecule is Cc1ccc(S(=O)(=O)Nc2ccc(C(=O)NCC3=CCCCC3)cc2Cl)cc1. The Bertz CT molecular complexity index is 999. The fraction of sp³-hybridized carbons (Fsp3) is 0.286. The fourth-order valence-corrected chi connectivity index (χ4v) is 4.38. The van der Waals surface area contributed by atoms with Gasteiger partial charge in [-0.05, 0) is 62.9 Å². The van der Waals surface area contributed by atoms with Crippen LogP contribution >= 0.6 is 11.6 Å². The van der Waals surface area contributed by atoms with Crippen molar-refractivity contribution < 1.29 is 13.2 Å². The van der Waals surface area contributed by atoms with Crippen LogP contribution in [0.4, 0.5) is 5.69 Å². The van der Waals surface area contributed by atoms with Gasteiger partial charge in [-0.25, -0.2) is 8.42 Å². The zero-order chi connectivity index (χ0) is 20.1. The molecule has 1 amide bonds. The monoisotopic (exact) mass is 418 g/mol. The second-order valence-corrected chi connectivity index (χ2v) is 8.99. The topological polar surface area (TPSA) is 75.3 Å². The smallest absolute Gasteiger partial charge is 0.261 e. The molecular weight excluding hydrogens is 396 g/mol. The third-order valence-corrected chi connectivity index (χ3v) is 6.36. The van der Waals surface area contributed by atoms with Gasteiger partial charge in [0.15, 0.2) is 0 Å². The molecule has 28 heavy (non-hydrogen) atoms. The largest absolute Gasteiger partial charge is 0.348 e. The van der Waals surface area contributed by atoms with Gasteiger partial charge in [-0.3, -0.25) is 9.52 Å². The van der Waals surface area contributed by atoms with E-state index in [1.807, 2.05) is 6.92 Å². The lowest BCUT2D eigenvalue weighted by atomic mass is 9.99. The van der Waals surface area contributed by atoms with E-state index >= 15 is 0 Å². The highest BCUT2D eigenvalue weighted by molar-refractivity contribution is 7.92. The van der Waals surface area contributed by atoms with E-state index in [1.54, 1.807) is 18.2 Å². The van der Waals surface area contributed by atoms with Crippen LogP contribution in [0.2, 0.25) is 5.02 Å². The zero-order valence-electron chi connectivity index (χ0n) is 15.7. The minimum atomic E-state index is -3.75. The van der Waals surface area contributed by atoms with Gasteiger partial charge in [-0.1, -0.05) is 40.9 Å². The van der Waals surface area contributed by atoms with E-state index in [2.05, 4.69) is 16.1 Å². The van der Waals surface area contributed by atoms with Gasteiger partial charge in [-0.15, -0.1) is 0 Å². The van der Waals surface area contributed by atoms with E-state index in [0.717, 1.165) is 24.8 Å². The molecule has 0 aliphatic heterocycles. The molecule has 0 saturated carbocycles. The van der Waals surface area contributed by atoms with Crippen LogP contribution in [0.5, 0.6) is 0 Å². The molecule has 0 saturated heterocycles. The highest BCUT2D eigenvalue weighted by Gasteiger charge is 2.17. The maximum atomic E-state index is 12.5. The molecule has 0 heterocycles. The molecule has 0 unspecified atom stereocenters. The van der Waals surface area contributed by atoms with Gasteiger partial charge in [0.05, 0.1) is 15.6 Å². The van der Waals surface area contributed by atoms with Crippen molar-refractivity contribution >= 4 is 33.2 Å². The van der Waals surface area contributed by atoms with Gasteiger partial charge in [0, 0.05) is 12.1 Å². The summed E-state index contributed by atoms with van der Waals surface area (Å²) < 4.78 is 27.5. The first-order valence-corrected chi connectivity index (χ1v) is 11.1. The quantitative estimate of drug-likeness (QED) is 0.669. The highest BCUT2D eigenvalue weighted by atomic mass is 35.5. The Morgan fingerprint density at radius 1 is 1.11 bits per heavy atom. The van der Waals surface area contributed by atoms with Crippen molar-refractivity contribution in [3.05, 3.63) is 70.3 Å². The summed E-state index contributed by atoms with van der Waals surface area (Å²) in [4.78, 5) is 12.5. The Hall–Kier alpha value is -2.31. The van der Waals surface area contributed by atoms with Crippen LogP contribution in [-0.4, -0.2) is 20.9 Å². The normalized spacial score (nSPS) is 14.3. The summed E-state index contributed by atoms with van der Waals surface area (Å²) in [6.45, 7) is 2.41. The maximum Gasteiger partial charge on any atom is 0.261 e. The van der Waals surface area contributed by atoms with Crippen LogP contribution in [0.1, 0.15) is 41.6 Å². The first-order chi connectivity index (χ1) is 13.3. The molecule has 1 aliphatic carbocycles. The van der Waals surface area contributed by atoms with Crippen LogP contribution in [0.3, 0.4) is 0 Å². The minimum Gasteiger partial charge on any atom is -0.348 e. The van der Waals surface area contributed by atoms with Gasteiger partial charge in [0.1, 0.15) is 0 Å². The number of hydrogen-bond donors (Lipinski definition) is 2. The minimum absolute atomic E-state index is 0.150. The molecule has 1 aliphatic rings. The summed E-state index contributed by atoms with van der Waals surface area (Å²) in [5.41, 5.74) is 2.83. The molecule has 0 fully saturated rings. The summed E-state index contributed by atoms with van der Waals surface area (Å²) >= 11 is 6.22. The number of halogens is 1. The van der Waals surface area contributed by atoms with Crippen molar-refractivity contribution in [3.63, 3.8) is 0 Å². The van der Waals surface area contributed by atoms with Crippen LogP contribution in [-0.2, 0) is 10.0 Å². The third-order valence-electron chi connectivity index (χ3n) is 4.67. The second-order valence-electron chi connectivity index (χ2n) is 6.90. The van der Waals surface area contributed by atoms with Crippen molar-refractivity contribution in [2.24, 2.45) is 0 Å². The number of rotatable bonds is 6. The number of aryl methyl sites for hydroxylation is 1. The lowest BCUT2D eigenvalue weighted by Crippen LogP contribution is -2.26. The molecule has 0 atom stereocenters. The summed E-state index contributed by atoms with van der Waals surface area (Å²) in [6.07, 6.45) is 6.61. The molecule has 148 valence electrons. The summed E-state index contributed by atoms with van der Waals surface area (Å²) in [6, 6.07) is 11.1. The molecule has 0 spiro atoms. The Labute approximate surface area is 170 Å². The number of hydrogen-bond acceptors (Lipinski definition) is 3. The molecule has 2 aromatic rings. The number of amides is 1. The first-order valence-electron chi connectivity index (χ1n) is 9.20. The van der Waals surface area contributed by atoms with Gasteiger partial charge in [0.2, 0.25) is 0 Å². The number of anilines is 1. The molecule has 0 radical (unpaired) electrons. The van der Waals surface area contributed by atoms with Crippen molar-refractivity contribution in [2.75, 3.05) is 11.3 Å². The number of carbonyl (C=O) groups excluding carboxylic acids is 1. The van der Waals surface area contributed by atoms with E-state index < -0.39 is 10.0 Å². The molecule has 0 aromatic heterocycles. The first kappa shape index (κ1) is 20.4. The van der Waals surface area contributed by atoms with Crippen LogP contribution in [0.15, 0.2) is 59.0 Å². The van der Waals surface area contributed by atoms with Gasteiger partial charge in [0.25, 0.3) is 15.9 Å². The Morgan fingerprint density at radius 2 is 1.86 bits per heavy atom. The average molecular weight is 419 g/mol. The third kappa shape index (κ3) is 5.14. The predicted octanol–water partition coefficient (Wildman–Crippen LogP) is 4.68. The van der Waals surface area contributed by atoms with Crippen molar-refractivity contribution in [2.45, 2.75) is 37.5 Å². The Morgan fingerprint density at radius 3 is 2.50 bits per heavy atom.